The molecule has 0 bridgehead atoms. The van der Waals surface area contributed by atoms with Gasteiger partial charge in [0.15, 0.2) is 11.4 Å². The van der Waals surface area contributed by atoms with E-state index in [9.17, 15) is 23.1 Å². The SMILES string of the molecule is COC(OC)C(=O)CC(O)(c1ccccc1)C(F)(F)F. The number of rotatable bonds is 6. The highest BCUT2D eigenvalue weighted by Crippen LogP contribution is 2.41. The third-order valence-corrected chi connectivity index (χ3v) is 2.84. The van der Waals surface area contributed by atoms with Crippen molar-refractivity contribution in [3.05, 3.63) is 35.9 Å². The Balaban J connectivity index is 3.12. The predicted octanol–water partition coefficient (Wildman–Crippen LogP) is 2.01. The second-order valence-electron chi connectivity index (χ2n) is 4.17. The summed E-state index contributed by atoms with van der Waals surface area (Å²) in [4.78, 5) is 11.7. The number of benzene rings is 1. The summed E-state index contributed by atoms with van der Waals surface area (Å²) >= 11 is 0. The molecular formula is C13H15F3O4. The van der Waals surface area contributed by atoms with E-state index in [1.807, 2.05) is 0 Å². The number of Topliss-reactive ketones (excluding diaryl/α,β-unsaturated/α-hetero) is 1. The van der Waals surface area contributed by atoms with Crippen LogP contribution in [0, 0.1) is 0 Å². The van der Waals surface area contributed by atoms with Gasteiger partial charge in [0.05, 0.1) is 6.42 Å². The van der Waals surface area contributed by atoms with Crippen LogP contribution < -0.4 is 0 Å². The predicted molar refractivity (Wildman–Crippen MR) is 63.8 cm³/mol. The summed E-state index contributed by atoms with van der Waals surface area (Å²) in [5.74, 6) is -1.00. The van der Waals surface area contributed by atoms with Crippen LogP contribution in [0.4, 0.5) is 13.2 Å². The molecule has 7 heteroatoms. The first-order valence-electron chi connectivity index (χ1n) is 5.69. The first kappa shape index (κ1) is 16.6. The van der Waals surface area contributed by atoms with E-state index < -0.39 is 35.8 Å². The van der Waals surface area contributed by atoms with Crippen LogP contribution in [0.1, 0.15) is 12.0 Å². The van der Waals surface area contributed by atoms with Gasteiger partial charge in [0, 0.05) is 14.2 Å². The van der Waals surface area contributed by atoms with Gasteiger partial charge < -0.3 is 14.6 Å². The molecule has 20 heavy (non-hydrogen) atoms. The summed E-state index contributed by atoms with van der Waals surface area (Å²) in [6.45, 7) is 0. The van der Waals surface area contributed by atoms with Crippen LogP contribution in [0.2, 0.25) is 0 Å². The van der Waals surface area contributed by atoms with E-state index >= 15 is 0 Å². The molecule has 0 heterocycles. The summed E-state index contributed by atoms with van der Waals surface area (Å²) in [7, 11) is 2.25. The number of hydrogen-bond donors (Lipinski definition) is 1. The van der Waals surface area contributed by atoms with Gasteiger partial charge in [-0.3, -0.25) is 4.79 Å². The van der Waals surface area contributed by atoms with Gasteiger partial charge in [-0.2, -0.15) is 13.2 Å². The molecule has 1 N–H and O–H groups in total. The monoisotopic (exact) mass is 292 g/mol. The molecule has 112 valence electrons. The number of carbonyl (C=O) groups excluding carboxylic acids is 1. The van der Waals surface area contributed by atoms with Gasteiger partial charge in [0.25, 0.3) is 0 Å². The van der Waals surface area contributed by atoms with Crippen molar-refractivity contribution in [1.29, 1.82) is 0 Å². The third kappa shape index (κ3) is 3.36. The molecule has 0 aliphatic carbocycles. The number of halogens is 3. The van der Waals surface area contributed by atoms with E-state index in [0.29, 0.717) is 0 Å². The van der Waals surface area contributed by atoms with E-state index in [-0.39, 0.29) is 0 Å². The van der Waals surface area contributed by atoms with Crippen molar-refractivity contribution in [2.45, 2.75) is 24.5 Å². The number of alkyl halides is 3. The van der Waals surface area contributed by atoms with Crippen molar-refractivity contribution in [2.24, 2.45) is 0 Å². The second-order valence-corrected chi connectivity index (χ2v) is 4.17. The molecule has 0 aliphatic rings. The minimum absolute atomic E-state index is 0.410. The Morgan fingerprint density at radius 3 is 2.10 bits per heavy atom. The molecule has 0 saturated heterocycles. The summed E-state index contributed by atoms with van der Waals surface area (Å²) in [5.41, 5.74) is -3.69. The smallest absolute Gasteiger partial charge is 0.376 e. The lowest BCUT2D eigenvalue weighted by Crippen LogP contribution is -2.46. The first-order valence-corrected chi connectivity index (χ1v) is 5.69. The second kappa shape index (κ2) is 6.34. The van der Waals surface area contributed by atoms with Crippen LogP contribution in [0.3, 0.4) is 0 Å². The molecule has 0 amide bonds. The summed E-state index contributed by atoms with van der Waals surface area (Å²) in [6, 6.07) is 6.42. The van der Waals surface area contributed by atoms with Crippen LogP contribution >= 0.6 is 0 Å². The number of hydrogen-bond acceptors (Lipinski definition) is 4. The maximum Gasteiger partial charge on any atom is 0.421 e. The van der Waals surface area contributed by atoms with Gasteiger partial charge in [-0.05, 0) is 5.56 Å². The van der Waals surface area contributed by atoms with Crippen LogP contribution in [-0.2, 0) is 19.9 Å². The average Bonchev–Trinajstić information content (AvgIpc) is 2.39. The number of carbonyl (C=O) groups is 1. The summed E-state index contributed by atoms with van der Waals surface area (Å²) in [6.07, 6.45) is -7.64. The van der Waals surface area contributed by atoms with E-state index in [1.165, 1.54) is 18.2 Å². The van der Waals surface area contributed by atoms with E-state index in [2.05, 4.69) is 9.47 Å². The Morgan fingerprint density at radius 2 is 1.70 bits per heavy atom. The molecule has 1 aromatic carbocycles. The van der Waals surface area contributed by atoms with Crippen LogP contribution in [0.15, 0.2) is 30.3 Å². The zero-order valence-corrected chi connectivity index (χ0v) is 11.0. The van der Waals surface area contributed by atoms with Gasteiger partial charge >= 0.3 is 6.18 Å². The highest BCUT2D eigenvalue weighted by Gasteiger charge is 2.56. The quantitative estimate of drug-likeness (QED) is 0.815. The number of methoxy groups -OCH3 is 2. The lowest BCUT2D eigenvalue weighted by Gasteiger charge is -2.31. The fourth-order valence-electron chi connectivity index (χ4n) is 1.77. The Hall–Kier alpha value is -1.44. The van der Waals surface area contributed by atoms with Gasteiger partial charge in [0.1, 0.15) is 0 Å². The van der Waals surface area contributed by atoms with Crippen molar-refractivity contribution in [1.82, 2.24) is 0 Å². The fourth-order valence-corrected chi connectivity index (χ4v) is 1.77. The van der Waals surface area contributed by atoms with Crippen molar-refractivity contribution in [2.75, 3.05) is 14.2 Å². The van der Waals surface area contributed by atoms with Gasteiger partial charge in [-0.1, -0.05) is 30.3 Å². The molecule has 1 unspecified atom stereocenters. The normalized spacial score (nSPS) is 15.2. The molecule has 0 radical (unpaired) electrons. The molecule has 0 fully saturated rings. The van der Waals surface area contributed by atoms with Crippen LogP contribution in [-0.4, -0.2) is 37.6 Å². The molecule has 0 saturated carbocycles. The Labute approximate surface area is 114 Å². The number of ether oxygens (including phenoxy) is 2. The van der Waals surface area contributed by atoms with Crippen molar-refractivity contribution in [3.63, 3.8) is 0 Å². The highest BCUT2D eigenvalue weighted by molar-refractivity contribution is 5.83. The van der Waals surface area contributed by atoms with Crippen molar-refractivity contribution >= 4 is 5.78 Å². The number of aliphatic hydroxyl groups is 1. The zero-order chi connectivity index (χ0) is 15.4. The number of ketones is 1. The van der Waals surface area contributed by atoms with E-state index in [1.54, 1.807) is 0 Å². The first-order chi connectivity index (χ1) is 9.26. The van der Waals surface area contributed by atoms with Gasteiger partial charge in [0.2, 0.25) is 6.29 Å². The molecule has 0 aromatic heterocycles. The van der Waals surface area contributed by atoms with Gasteiger partial charge in [-0.15, -0.1) is 0 Å². The minimum Gasteiger partial charge on any atom is -0.376 e. The molecule has 0 spiro atoms. The molecule has 4 nitrogen and oxygen atoms in total. The minimum atomic E-state index is -5.00. The van der Waals surface area contributed by atoms with Crippen molar-refractivity contribution < 1.29 is 32.5 Å². The largest absolute Gasteiger partial charge is 0.421 e. The molecular weight excluding hydrogens is 277 g/mol. The van der Waals surface area contributed by atoms with E-state index in [4.69, 9.17) is 0 Å². The average molecular weight is 292 g/mol. The van der Waals surface area contributed by atoms with Gasteiger partial charge in [-0.25, -0.2) is 0 Å². The molecule has 1 rings (SSSR count). The van der Waals surface area contributed by atoms with Crippen LogP contribution in [0.5, 0.6) is 0 Å². The lowest BCUT2D eigenvalue weighted by atomic mass is 9.88. The Morgan fingerprint density at radius 1 is 1.20 bits per heavy atom. The highest BCUT2D eigenvalue weighted by atomic mass is 19.4. The maximum absolute atomic E-state index is 13.1. The Bertz CT molecular complexity index is 443. The van der Waals surface area contributed by atoms with E-state index in [0.717, 1.165) is 26.4 Å². The lowest BCUT2D eigenvalue weighted by molar-refractivity contribution is -0.269. The van der Waals surface area contributed by atoms with Crippen LogP contribution in [0.25, 0.3) is 0 Å². The summed E-state index contributed by atoms with van der Waals surface area (Å²) < 4.78 is 48.6. The molecule has 1 aromatic rings. The standard InChI is InChI=1S/C13H15F3O4/c1-19-11(20-2)10(17)8-12(18,13(14,15)16)9-6-4-3-5-7-9/h3-7,11,18H,8H2,1-2H3. The third-order valence-electron chi connectivity index (χ3n) is 2.84. The maximum atomic E-state index is 13.1. The van der Waals surface area contributed by atoms with Crippen molar-refractivity contribution in [3.8, 4) is 0 Å². The summed E-state index contributed by atoms with van der Waals surface area (Å²) in [5, 5.41) is 9.97. The Kier molecular flexibility index (Phi) is 5.27. The zero-order valence-electron chi connectivity index (χ0n) is 11.0. The topological polar surface area (TPSA) is 55.8 Å². The molecule has 1 atom stereocenters. The molecule has 0 aliphatic heterocycles. The fraction of sp³-hybridized carbons (Fsp3) is 0.462.